The molecule has 1 amide bonds. The third kappa shape index (κ3) is 3.93. The van der Waals surface area contributed by atoms with Gasteiger partial charge in [-0.1, -0.05) is 18.2 Å². The molecular weight excluding hydrogens is 404 g/mol. The largest absolute Gasteiger partial charge is 0.487 e. The molecule has 0 atom stereocenters. The van der Waals surface area contributed by atoms with Gasteiger partial charge in [-0.3, -0.25) is 9.78 Å². The number of pyridine rings is 1. The van der Waals surface area contributed by atoms with E-state index in [0.717, 1.165) is 22.8 Å². The van der Waals surface area contributed by atoms with Crippen LogP contribution in [0.3, 0.4) is 0 Å². The Hall–Kier alpha value is -4.46. The van der Waals surface area contributed by atoms with Crippen molar-refractivity contribution in [2.24, 2.45) is 0 Å². The number of fused-ring (bicyclic) bond motifs is 2. The standard InChI is InChI=1S/C24H20N6O2/c1-30-21-8-3-2-7-19(21)23(31)28-20-14-26-24(29-22(20)30)27-16-9-11-18(12-10-16)32-15-17-6-4-5-13-25-17/h2-14H,15H2,1H3,(H,28,31)(H,26,27,29). The van der Waals surface area contributed by atoms with Gasteiger partial charge in [0.1, 0.15) is 18.0 Å². The lowest BCUT2D eigenvalue weighted by Crippen LogP contribution is -2.13. The van der Waals surface area contributed by atoms with Crippen LogP contribution in [0, 0.1) is 0 Å². The molecule has 1 aliphatic heterocycles. The third-order valence-corrected chi connectivity index (χ3v) is 5.07. The molecule has 0 saturated heterocycles. The maximum Gasteiger partial charge on any atom is 0.257 e. The van der Waals surface area contributed by atoms with Crippen molar-refractivity contribution in [2.45, 2.75) is 6.61 Å². The van der Waals surface area contributed by atoms with Crippen LogP contribution >= 0.6 is 0 Å². The van der Waals surface area contributed by atoms with Gasteiger partial charge in [0.25, 0.3) is 5.91 Å². The van der Waals surface area contributed by atoms with E-state index in [-0.39, 0.29) is 5.91 Å². The number of aromatic nitrogens is 3. The molecule has 32 heavy (non-hydrogen) atoms. The normalized spacial score (nSPS) is 12.3. The molecule has 2 aromatic carbocycles. The Bertz CT molecular complexity index is 1260. The number of nitrogens with zero attached hydrogens (tertiary/aromatic N) is 4. The van der Waals surface area contributed by atoms with Crippen molar-refractivity contribution in [3.05, 3.63) is 90.4 Å². The Kier molecular flexibility index (Phi) is 5.09. The molecule has 158 valence electrons. The lowest BCUT2D eigenvalue weighted by Gasteiger charge is -2.19. The first-order chi connectivity index (χ1) is 15.7. The maximum atomic E-state index is 12.5. The molecule has 0 spiro atoms. The summed E-state index contributed by atoms with van der Waals surface area (Å²) in [5, 5.41) is 6.08. The van der Waals surface area contributed by atoms with Crippen molar-refractivity contribution in [3.8, 4) is 5.75 Å². The van der Waals surface area contributed by atoms with Crippen LogP contribution in [-0.4, -0.2) is 27.9 Å². The van der Waals surface area contributed by atoms with Gasteiger partial charge in [-0.15, -0.1) is 0 Å². The number of carbonyl (C=O) groups is 1. The van der Waals surface area contributed by atoms with Gasteiger partial charge >= 0.3 is 0 Å². The highest BCUT2D eigenvalue weighted by molar-refractivity contribution is 6.11. The molecule has 0 radical (unpaired) electrons. The first-order valence-electron chi connectivity index (χ1n) is 10.1. The summed E-state index contributed by atoms with van der Waals surface area (Å²) in [6.45, 7) is 0.404. The summed E-state index contributed by atoms with van der Waals surface area (Å²) in [4.78, 5) is 27.7. The van der Waals surface area contributed by atoms with Gasteiger partial charge in [0.05, 0.1) is 23.1 Å². The molecular formula is C24H20N6O2. The van der Waals surface area contributed by atoms with E-state index < -0.39 is 0 Å². The van der Waals surface area contributed by atoms with Gasteiger partial charge in [-0.25, -0.2) is 4.98 Å². The van der Waals surface area contributed by atoms with E-state index in [0.29, 0.717) is 29.6 Å². The van der Waals surface area contributed by atoms with Gasteiger partial charge < -0.3 is 20.3 Å². The Balaban J connectivity index is 1.32. The molecule has 0 unspecified atom stereocenters. The van der Waals surface area contributed by atoms with Gasteiger partial charge in [0, 0.05) is 18.9 Å². The quantitative estimate of drug-likeness (QED) is 0.486. The van der Waals surface area contributed by atoms with Crippen LogP contribution in [0.5, 0.6) is 5.75 Å². The molecule has 4 aromatic rings. The highest BCUT2D eigenvalue weighted by Gasteiger charge is 2.24. The summed E-state index contributed by atoms with van der Waals surface area (Å²) >= 11 is 0. The van der Waals surface area contributed by atoms with Gasteiger partial charge in [0.15, 0.2) is 5.82 Å². The van der Waals surface area contributed by atoms with Crippen LogP contribution in [0.2, 0.25) is 0 Å². The SMILES string of the molecule is CN1c2ccccc2C(=O)Nc2cnc(Nc3ccc(OCc4ccccn4)cc3)nc21. The fraction of sp³-hybridized carbons (Fsp3) is 0.0833. The second kappa shape index (κ2) is 8.35. The molecule has 8 nitrogen and oxygen atoms in total. The Labute approximate surface area is 184 Å². The van der Waals surface area contributed by atoms with E-state index in [1.165, 1.54) is 0 Å². The number of amides is 1. The summed E-state index contributed by atoms with van der Waals surface area (Å²) in [6.07, 6.45) is 3.35. The average molecular weight is 424 g/mol. The lowest BCUT2D eigenvalue weighted by molar-refractivity contribution is 0.102. The van der Waals surface area contributed by atoms with E-state index in [2.05, 4.69) is 25.6 Å². The highest BCUT2D eigenvalue weighted by atomic mass is 16.5. The van der Waals surface area contributed by atoms with Gasteiger partial charge in [0.2, 0.25) is 5.95 Å². The highest BCUT2D eigenvalue weighted by Crippen LogP contribution is 2.35. The molecule has 2 N–H and O–H groups in total. The smallest absolute Gasteiger partial charge is 0.257 e. The minimum absolute atomic E-state index is 0.184. The number of anilines is 5. The van der Waals surface area contributed by atoms with Gasteiger partial charge in [-0.2, -0.15) is 4.98 Å². The van der Waals surface area contributed by atoms with E-state index in [1.807, 2.05) is 72.6 Å². The molecule has 0 bridgehead atoms. The summed E-state index contributed by atoms with van der Waals surface area (Å²) < 4.78 is 5.77. The number of nitrogens with one attached hydrogen (secondary N) is 2. The van der Waals surface area contributed by atoms with Crippen LogP contribution in [-0.2, 0) is 6.61 Å². The minimum Gasteiger partial charge on any atom is -0.487 e. The van der Waals surface area contributed by atoms with Crippen molar-refractivity contribution in [1.29, 1.82) is 0 Å². The molecule has 0 saturated carbocycles. The summed E-state index contributed by atoms with van der Waals surface area (Å²) in [5.41, 5.74) is 3.60. The number of carbonyl (C=O) groups excluding carboxylic acids is 1. The monoisotopic (exact) mass is 424 g/mol. The van der Waals surface area contributed by atoms with Crippen LogP contribution in [0.25, 0.3) is 0 Å². The fourth-order valence-corrected chi connectivity index (χ4v) is 3.44. The number of ether oxygens (including phenoxy) is 1. The summed E-state index contributed by atoms with van der Waals surface area (Å²) in [7, 11) is 1.88. The van der Waals surface area contributed by atoms with E-state index in [4.69, 9.17) is 4.74 Å². The zero-order valence-electron chi connectivity index (χ0n) is 17.3. The van der Waals surface area contributed by atoms with Crippen LogP contribution in [0.4, 0.5) is 28.8 Å². The maximum absolute atomic E-state index is 12.5. The van der Waals surface area contributed by atoms with Crippen molar-refractivity contribution in [1.82, 2.24) is 15.0 Å². The summed E-state index contributed by atoms with van der Waals surface area (Å²) in [5.74, 6) is 1.59. The molecule has 0 aliphatic carbocycles. The van der Waals surface area contributed by atoms with E-state index in [9.17, 15) is 4.79 Å². The second-order valence-electron chi connectivity index (χ2n) is 7.22. The Morgan fingerprint density at radius 1 is 1.00 bits per heavy atom. The molecule has 3 heterocycles. The van der Waals surface area contributed by atoms with E-state index >= 15 is 0 Å². The third-order valence-electron chi connectivity index (χ3n) is 5.07. The predicted molar refractivity (Wildman–Crippen MR) is 123 cm³/mol. The first kappa shape index (κ1) is 19.5. The molecule has 2 aromatic heterocycles. The van der Waals surface area contributed by atoms with Crippen molar-refractivity contribution < 1.29 is 9.53 Å². The fourth-order valence-electron chi connectivity index (χ4n) is 3.44. The van der Waals surface area contributed by atoms with Crippen molar-refractivity contribution >= 4 is 34.7 Å². The Morgan fingerprint density at radius 2 is 1.81 bits per heavy atom. The number of hydrogen-bond acceptors (Lipinski definition) is 7. The number of benzene rings is 2. The molecule has 8 heteroatoms. The van der Waals surface area contributed by atoms with Gasteiger partial charge in [-0.05, 0) is 48.5 Å². The van der Waals surface area contributed by atoms with E-state index in [1.54, 1.807) is 18.5 Å². The number of para-hydroxylation sites is 1. The summed E-state index contributed by atoms with van der Waals surface area (Å²) in [6, 6.07) is 20.7. The van der Waals surface area contributed by atoms with Crippen molar-refractivity contribution in [2.75, 3.05) is 22.6 Å². The molecule has 1 aliphatic rings. The van der Waals surface area contributed by atoms with Crippen LogP contribution < -0.4 is 20.3 Å². The Morgan fingerprint density at radius 3 is 2.62 bits per heavy atom. The number of rotatable bonds is 5. The zero-order valence-corrected chi connectivity index (χ0v) is 17.3. The second-order valence-corrected chi connectivity index (χ2v) is 7.22. The predicted octanol–water partition coefficient (Wildman–Crippen LogP) is 4.53. The average Bonchev–Trinajstić information content (AvgIpc) is 2.94. The topological polar surface area (TPSA) is 92.3 Å². The van der Waals surface area contributed by atoms with Crippen molar-refractivity contribution in [3.63, 3.8) is 0 Å². The zero-order chi connectivity index (χ0) is 21.9. The first-order valence-corrected chi connectivity index (χ1v) is 10.1. The molecule has 0 fully saturated rings. The minimum atomic E-state index is -0.184. The van der Waals surface area contributed by atoms with Crippen LogP contribution in [0.1, 0.15) is 16.1 Å². The lowest BCUT2D eigenvalue weighted by atomic mass is 10.1. The number of hydrogen-bond donors (Lipinski definition) is 2. The molecule has 5 rings (SSSR count). The van der Waals surface area contributed by atoms with Crippen LogP contribution in [0.15, 0.2) is 79.1 Å².